The van der Waals surface area contributed by atoms with Crippen LogP contribution in [-0.4, -0.2) is 30.5 Å². The number of benzene rings is 1. The maximum atomic E-state index is 11.9. The molecule has 0 saturated carbocycles. The van der Waals surface area contributed by atoms with Crippen LogP contribution in [0.2, 0.25) is 5.15 Å². The van der Waals surface area contributed by atoms with Crippen molar-refractivity contribution in [2.75, 3.05) is 11.6 Å². The number of hydrogen-bond donors (Lipinski definition) is 1. The minimum Gasteiger partial charge on any atom is -0.305 e. The van der Waals surface area contributed by atoms with E-state index in [2.05, 4.69) is 15.3 Å². The first-order chi connectivity index (χ1) is 9.36. The van der Waals surface area contributed by atoms with E-state index in [-0.39, 0.29) is 15.9 Å². The van der Waals surface area contributed by atoms with Crippen LogP contribution in [0.15, 0.2) is 41.6 Å². The van der Waals surface area contributed by atoms with E-state index in [1.807, 2.05) is 0 Å². The zero-order valence-electron chi connectivity index (χ0n) is 10.4. The molecule has 0 bridgehead atoms. The van der Waals surface area contributed by atoms with Crippen LogP contribution >= 0.6 is 11.6 Å². The Balaban J connectivity index is 2.15. The number of nitrogens with zero attached hydrogens (tertiary/aromatic N) is 2. The molecule has 0 saturated heterocycles. The van der Waals surface area contributed by atoms with E-state index in [0.29, 0.717) is 5.56 Å². The van der Waals surface area contributed by atoms with Crippen molar-refractivity contribution in [2.24, 2.45) is 0 Å². The highest BCUT2D eigenvalue weighted by molar-refractivity contribution is 7.90. The predicted molar refractivity (Wildman–Crippen MR) is 74.5 cm³/mol. The predicted octanol–water partition coefficient (Wildman–Crippen LogP) is 1.79. The Morgan fingerprint density at radius 1 is 1.15 bits per heavy atom. The second-order valence-corrected chi connectivity index (χ2v) is 6.38. The third-order valence-corrected chi connectivity index (χ3v) is 3.73. The smallest absolute Gasteiger partial charge is 0.256 e. The summed E-state index contributed by atoms with van der Waals surface area (Å²) in [6.45, 7) is 0. The fourth-order valence-corrected chi connectivity index (χ4v) is 2.15. The molecule has 0 spiro atoms. The van der Waals surface area contributed by atoms with Crippen LogP contribution in [0.1, 0.15) is 10.4 Å². The zero-order valence-corrected chi connectivity index (χ0v) is 11.9. The number of nitrogens with one attached hydrogen (secondary N) is 1. The summed E-state index contributed by atoms with van der Waals surface area (Å²) in [6.07, 6.45) is 3.74. The first-order valence-electron chi connectivity index (χ1n) is 5.45. The molecule has 2 aromatic rings. The number of amides is 1. The van der Waals surface area contributed by atoms with Crippen LogP contribution in [-0.2, 0) is 9.84 Å². The number of hydrogen-bond acceptors (Lipinski definition) is 5. The number of halogens is 1. The minimum absolute atomic E-state index is 0.153. The molecule has 0 radical (unpaired) electrons. The Morgan fingerprint density at radius 3 is 2.30 bits per heavy atom. The van der Waals surface area contributed by atoms with Crippen LogP contribution < -0.4 is 5.32 Å². The van der Waals surface area contributed by atoms with Gasteiger partial charge in [0.25, 0.3) is 5.91 Å². The molecule has 1 heterocycles. The summed E-state index contributed by atoms with van der Waals surface area (Å²) < 4.78 is 22.6. The maximum Gasteiger partial charge on any atom is 0.256 e. The molecule has 1 amide bonds. The number of sulfone groups is 1. The first-order valence-corrected chi connectivity index (χ1v) is 7.72. The molecule has 0 aliphatic rings. The highest BCUT2D eigenvalue weighted by Gasteiger charge is 2.10. The van der Waals surface area contributed by atoms with Crippen molar-refractivity contribution in [3.63, 3.8) is 0 Å². The quantitative estimate of drug-likeness (QED) is 0.933. The number of rotatable bonds is 3. The lowest BCUT2D eigenvalue weighted by Crippen LogP contribution is -2.13. The molecule has 0 fully saturated rings. The molecule has 104 valence electrons. The van der Waals surface area contributed by atoms with Crippen LogP contribution in [0, 0.1) is 0 Å². The molecule has 8 heteroatoms. The van der Waals surface area contributed by atoms with Gasteiger partial charge in [-0.05, 0) is 24.3 Å². The molecule has 1 N–H and O–H groups in total. The molecule has 0 unspecified atom stereocenters. The van der Waals surface area contributed by atoms with Gasteiger partial charge in [0, 0.05) is 11.8 Å². The van der Waals surface area contributed by atoms with Gasteiger partial charge in [-0.3, -0.25) is 4.79 Å². The maximum absolute atomic E-state index is 11.9. The monoisotopic (exact) mass is 311 g/mol. The second-order valence-electron chi connectivity index (χ2n) is 3.98. The average molecular weight is 312 g/mol. The fraction of sp³-hybridized carbons (Fsp3) is 0.0833. The Hall–Kier alpha value is -1.99. The van der Waals surface area contributed by atoms with Gasteiger partial charge >= 0.3 is 0 Å². The molecule has 1 aromatic heterocycles. The van der Waals surface area contributed by atoms with E-state index in [0.717, 1.165) is 6.26 Å². The molecule has 0 atom stereocenters. The topological polar surface area (TPSA) is 89.0 Å². The van der Waals surface area contributed by atoms with E-state index >= 15 is 0 Å². The highest BCUT2D eigenvalue weighted by Crippen LogP contribution is 2.12. The minimum atomic E-state index is -3.28. The van der Waals surface area contributed by atoms with Crippen molar-refractivity contribution in [3.8, 4) is 0 Å². The van der Waals surface area contributed by atoms with Crippen molar-refractivity contribution in [1.29, 1.82) is 0 Å². The van der Waals surface area contributed by atoms with Crippen molar-refractivity contribution >= 4 is 33.2 Å². The Kier molecular flexibility index (Phi) is 4.01. The first kappa shape index (κ1) is 14.4. The summed E-state index contributed by atoms with van der Waals surface area (Å²) in [7, 11) is -3.28. The molecule has 0 aliphatic heterocycles. The third-order valence-electron chi connectivity index (χ3n) is 2.41. The van der Waals surface area contributed by atoms with E-state index in [1.54, 1.807) is 0 Å². The van der Waals surface area contributed by atoms with Crippen LogP contribution in [0.25, 0.3) is 0 Å². The average Bonchev–Trinajstić information content (AvgIpc) is 2.40. The summed E-state index contributed by atoms with van der Waals surface area (Å²) in [5.41, 5.74) is 0.314. The number of carbonyl (C=O) groups excluding carboxylic acids is 1. The van der Waals surface area contributed by atoms with Gasteiger partial charge in [-0.15, -0.1) is 0 Å². The van der Waals surface area contributed by atoms with Gasteiger partial charge in [0.15, 0.2) is 15.7 Å². The summed E-state index contributed by atoms with van der Waals surface area (Å²) >= 11 is 5.58. The molecular formula is C12H10ClN3O3S. The van der Waals surface area contributed by atoms with Crippen LogP contribution in [0.3, 0.4) is 0 Å². The van der Waals surface area contributed by atoms with Crippen molar-refractivity contribution in [2.45, 2.75) is 4.90 Å². The van der Waals surface area contributed by atoms with Gasteiger partial charge in [0.05, 0.1) is 17.3 Å². The lowest BCUT2D eigenvalue weighted by molar-refractivity contribution is 0.102. The highest BCUT2D eigenvalue weighted by atomic mass is 35.5. The van der Waals surface area contributed by atoms with Crippen molar-refractivity contribution in [1.82, 2.24) is 9.97 Å². The molecular weight excluding hydrogens is 302 g/mol. The van der Waals surface area contributed by atoms with Gasteiger partial charge in [0.2, 0.25) is 0 Å². The van der Waals surface area contributed by atoms with Gasteiger partial charge in [-0.25, -0.2) is 18.4 Å². The van der Waals surface area contributed by atoms with Crippen molar-refractivity contribution < 1.29 is 13.2 Å². The second kappa shape index (κ2) is 5.56. The molecule has 2 rings (SSSR count). The summed E-state index contributed by atoms with van der Waals surface area (Å²) in [4.78, 5) is 19.7. The molecule has 0 aliphatic carbocycles. The summed E-state index contributed by atoms with van der Waals surface area (Å²) in [5.74, 6) is -0.159. The van der Waals surface area contributed by atoms with Gasteiger partial charge in [0.1, 0.15) is 5.15 Å². The largest absolute Gasteiger partial charge is 0.305 e. The Labute approximate surface area is 120 Å². The molecule has 6 nitrogen and oxygen atoms in total. The fourth-order valence-electron chi connectivity index (χ4n) is 1.42. The summed E-state index contributed by atoms with van der Waals surface area (Å²) in [5, 5.41) is 2.75. The van der Waals surface area contributed by atoms with Gasteiger partial charge < -0.3 is 5.32 Å². The van der Waals surface area contributed by atoms with Crippen LogP contribution in [0.5, 0.6) is 0 Å². The normalized spacial score (nSPS) is 11.1. The van der Waals surface area contributed by atoms with Gasteiger partial charge in [-0.2, -0.15) is 0 Å². The molecule has 20 heavy (non-hydrogen) atoms. The van der Waals surface area contributed by atoms with Crippen molar-refractivity contribution in [3.05, 3.63) is 47.4 Å². The lowest BCUT2D eigenvalue weighted by atomic mass is 10.2. The number of carbonyl (C=O) groups is 1. The van der Waals surface area contributed by atoms with Crippen LogP contribution in [0.4, 0.5) is 5.82 Å². The SMILES string of the molecule is CS(=O)(=O)c1ccc(C(=O)Nc2cnc(Cl)cn2)cc1. The van der Waals surface area contributed by atoms with E-state index in [4.69, 9.17) is 11.6 Å². The lowest BCUT2D eigenvalue weighted by Gasteiger charge is -2.04. The Morgan fingerprint density at radius 2 is 1.80 bits per heavy atom. The van der Waals surface area contributed by atoms with E-state index in [1.165, 1.54) is 36.7 Å². The summed E-state index contributed by atoms with van der Waals surface area (Å²) in [6, 6.07) is 5.60. The zero-order chi connectivity index (χ0) is 14.8. The number of aromatic nitrogens is 2. The third kappa shape index (κ3) is 3.52. The standard InChI is InChI=1S/C12H10ClN3O3S/c1-20(18,19)9-4-2-8(3-5-9)12(17)16-11-7-14-10(13)6-15-11/h2-7H,1H3,(H,15,16,17). The van der Waals surface area contributed by atoms with E-state index in [9.17, 15) is 13.2 Å². The van der Waals surface area contributed by atoms with E-state index < -0.39 is 15.7 Å². The van der Waals surface area contributed by atoms with Gasteiger partial charge in [-0.1, -0.05) is 11.6 Å². The molecule has 1 aromatic carbocycles. The number of anilines is 1. The Bertz CT molecular complexity index is 728.